The van der Waals surface area contributed by atoms with Crippen LogP contribution in [-0.2, 0) is 28.9 Å². The third kappa shape index (κ3) is 33.7. The van der Waals surface area contributed by atoms with E-state index in [-0.39, 0.29) is 18.9 Å². The van der Waals surface area contributed by atoms with Crippen molar-refractivity contribution in [1.82, 2.24) is 5.32 Å². The molecule has 1 rings (SSSR count). The molecule has 372 valence electrons. The van der Waals surface area contributed by atoms with Crippen LogP contribution in [0.5, 0.6) is 0 Å². The highest BCUT2D eigenvalue weighted by Gasteiger charge is 2.48. The van der Waals surface area contributed by atoms with Crippen LogP contribution in [0.1, 0.15) is 232 Å². The molecule has 63 heavy (non-hydrogen) atoms. The number of hydrogen-bond acceptors (Lipinski definition) is 10. The van der Waals surface area contributed by atoms with Gasteiger partial charge >= 0.3 is 10.4 Å². The molecule has 1 saturated heterocycles. The molecule has 0 aromatic carbocycles. The Balaban J connectivity index is 2.44. The predicted octanol–water partition coefficient (Wildman–Crippen LogP) is 10.9. The Morgan fingerprint density at radius 2 is 1.06 bits per heavy atom. The molecule has 1 fully saturated rings. The smallest absolute Gasteiger partial charge is 0.394 e. The van der Waals surface area contributed by atoms with Gasteiger partial charge in [-0.1, -0.05) is 205 Å². The zero-order valence-corrected chi connectivity index (χ0v) is 40.7. The summed E-state index contributed by atoms with van der Waals surface area (Å²) in [7, 11) is -5.08. The van der Waals surface area contributed by atoms with E-state index in [0.717, 1.165) is 57.8 Å². The second-order valence-electron chi connectivity index (χ2n) is 18.1. The Bertz CT molecular complexity index is 1220. The molecule has 1 amide bonds. The number of allylic oxidation sites excluding steroid dienone is 4. The van der Waals surface area contributed by atoms with Crippen molar-refractivity contribution in [3.8, 4) is 0 Å². The van der Waals surface area contributed by atoms with Crippen LogP contribution in [-0.4, -0.2) is 95.4 Å². The molecule has 1 aliphatic heterocycles. The van der Waals surface area contributed by atoms with E-state index in [2.05, 4.69) is 47.7 Å². The second-order valence-corrected chi connectivity index (χ2v) is 19.2. The highest BCUT2D eigenvalue weighted by molar-refractivity contribution is 7.80. The fourth-order valence-electron chi connectivity index (χ4n) is 8.25. The van der Waals surface area contributed by atoms with Gasteiger partial charge in [0.1, 0.15) is 24.4 Å². The number of hydrogen-bond donors (Lipinski definition) is 6. The predicted molar refractivity (Wildman–Crippen MR) is 255 cm³/mol. The van der Waals surface area contributed by atoms with E-state index in [1.165, 1.54) is 141 Å². The number of unbranched alkanes of at least 4 members (excludes halogenated alkanes) is 28. The minimum Gasteiger partial charge on any atom is -0.394 e. The van der Waals surface area contributed by atoms with Crippen molar-refractivity contribution in [2.45, 2.75) is 275 Å². The number of ether oxygens (including phenoxy) is 2. The van der Waals surface area contributed by atoms with Gasteiger partial charge < -0.3 is 35.2 Å². The molecule has 0 aromatic rings. The van der Waals surface area contributed by atoms with Crippen molar-refractivity contribution in [1.29, 1.82) is 0 Å². The van der Waals surface area contributed by atoms with E-state index in [1.807, 2.05) is 0 Å². The van der Waals surface area contributed by atoms with Crippen molar-refractivity contribution in [3.05, 3.63) is 24.3 Å². The summed E-state index contributed by atoms with van der Waals surface area (Å²) in [5.74, 6) is -0.236. The standard InChI is InChI=1S/C50H95NO11S/c1-3-5-7-9-11-13-15-17-19-21-22-24-25-27-29-31-33-35-37-39-44(53)43(42-60-50-48(56)49(62-63(57,58)59)47(55)45(41-52)61-50)51-46(54)40-38-36-34-32-30-28-26-23-20-18-16-14-12-10-8-6-4-2/h12,14,18,20,43-45,47-50,52-53,55-56H,3-11,13,15-17,19,21-42H2,1-2H3,(H,51,54)(H,57,58,59)/b14-12-,20-18-. The molecule has 0 aliphatic carbocycles. The van der Waals surface area contributed by atoms with E-state index in [4.69, 9.17) is 9.47 Å². The monoisotopic (exact) mass is 918 g/mol. The number of carbonyl (C=O) groups excluding carboxylic acids is 1. The molecule has 12 nitrogen and oxygen atoms in total. The normalized spacial score (nSPS) is 20.5. The van der Waals surface area contributed by atoms with Gasteiger partial charge in [-0.15, -0.1) is 0 Å². The summed E-state index contributed by atoms with van der Waals surface area (Å²) in [6, 6.07) is -0.861. The molecular weight excluding hydrogens is 823 g/mol. The molecule has 6 N–H and O–H groups in total. The van der Waals surface area contributed by atoms with Crippen molar-refractivity contribution in [3.63, 3.8) is 0 Å². The van der Waals surface area contributed by atoms with Gasteiger partial charge in [0.25, 0.3) is 0 Å². The third-order valence-electron chi connectivity index (χ3n) is 12.3. The topological polar surface area (TPSA) is 192 Å². The van der Waals surface area contributed by atoms with Crippen LogP contribution in [0.2, 0.25) is 0 Å². The minimum atomic E-state index is -5.08. The third-order valence-corrected chi connectivity index (χ3v) is 12.7. The zero-order valence-electron chi connectivity index (χ0n) is 39.9. The molecule has 0 bridgehead atoms. The molecule has 0 spiro atoms. The number of amides is 1. The van der Waals surface area contributed by atoms with Gasteiger partial charge in [-0.25, -0.2) is 4.18 Å². The van der Waals surface area contributed by atoms with Crippen LogP contribution in [0.3, 0.4) is 0 Å². The van der Waals surface area contributed by atoms with E-state index in [1.54, 1.807) is 0 Å². The first-order chi connectivity index (χ1) is 30.5. The summed E-state index contributed by atoms with van der Waals surface area (Å²) in [6.45, 7) is 3.44. The maximum atomic E-state index is 13.1. The first-order valence-corrected chi connectivity index (χ1v) is 27.1. The summed E-state index contributed by atoms with van der Waals surface area (Å²) in [5.41, 5.74) is 0. The molecule has 1 heterocycles. The van der Waals surface area contributed by atoms with Crippen LogP contribution < -0.4 is 5.32 Å². The van der Waals surface area contributed by atoms with E-state index in [0.29, 0.717) is 12.8 Å². The maximum absolute atomic E-state index is 13.1. The van der Waals surface area contributed by atoms with Gasteiger partial charge in [-0.2, -0.15) is 8.42 Å². The van der Waals surface area contributed by atoms with Crippen LogP contribution in [0, 0.1) is 0 Å². The summed E-state index contributed by atoms with van der Waals surface area (Å²) in [6.07, 6.45) is 38.8. The summed E-state index contributed by atoms with van der Waals surface area (Å²) in [5, 5.41) is 45.0. The van der Waals surface area contributed by atoms with Gasteiger partial charge in [0.15, 0.2) is 6.29 Å². The summed E-state index contributed by atoms with van der Waals surface area (Å²) < 4.78 is 47.8. The van der Waals surface area contributed by atoms with Crippen LogP contribution in [0.25, 0.3) is 0 Å². The average Bonchev–Trinajstić information content (AvgIpc) is 3.25. The first kappa shape index (κ1) is 59.6. The van der Waals surface area contributed by atoms with Crippen molar-refractivity contribution in [2.75, 3.05) is 13.2 Å². The molecule has 0 aromatic heterocycles. The molecule has 7 unspecified atom stereocenters. The molecule has 0 radical (unpaired) electrons. The number of nitrogens with one attached hydrogen (secondary N) is 1. The Kier molecular flexibility index (Phi) is 38.6. The summed E-state index contributed by atoms with van der Waals surface area (Å²) in [4.78, 5) is 13.1. The fourth-order valence-corrected chi connectivity index (χ4v) is 8.76. The lowest BCUT2D eigenvalue weighted by Gasteiger charge is -2.41. The second kappa shape index (κ2) is 40.8. The lowest BCUT2D eigenvalue weighted by atomic mass is 9.99. The van der Waals surface area contributed by atoms with Gasteiger partial charge in [-0.05, 0) is 44.9 Å². The first-order valence-electron chi connectivity index (χ1n) is 25.7. The number of aliphatic hydroxyl groups is 4. The molecular formula is C50H95NO11S. The van der Waals surface area contributed by atoms with Crippen LogP contribution in [0.15, 0.2) is 24.3 Å². The zero-order chi connectivity index (χ0) is 46.2. The van der Waals surface area contributed by atoms with Gasteiger partial charge in [0.2, 0.25) is 5.91 Å². The Labute approximate surface area is 384 Å². The Morgan fingerprint density at radius 3 is 1.54 bits per heavy atom. The van der Waals surface area contributed by atoms with E-state index < -0.39 is 59.9 Å². The quantitative estimate of drug-likeness (QED) is 0.0194. The Morgan fingerprint density at radius 1 is 0.635 bits per heavy atom. The largest absolute Gasteiger partial charge is 0.397 e. The SMILES string of the molecule is CCCCC/C=C\C/C=C\CCCCCCCCCC(=O)NC(COC1OC(CO)C(O)C(OS(=O)(=O)O)C1O)C(O)CCCCCCCCCCCCCCCCCCCCC. The molecule has 7 atom stereocenters. The number of rotatable bonds is 44. The lowest BCUT2D eigenvalue weighted by Crippen LogP contribution is -2.61. The molecule has 13 heteroatoms. The fraction of sp³-hybridized carbons (Fsp3) is 0.900. The lowest BCUT2D eigenvalue weighted by molar-refractivity contribution is -0.298. The highest BCUT2D eigenvalue weighted by atomic mass is 32.3. The highest BCUT2D eigenvalue weighted by Crippen LogP contribution is 2.26. The maximum Gasteiger partial charge on any atom is 0.397 e. The van der Waals surface area contributed by atoms with Crippen molar-refractivity contribution >= 4 is 16.3 Å². The number of carbonyl (C=O) groups is 1. The number of aliphatic hydroxyl groups excluding tert-OH is 4. The van der Waals surface area contributed by atoms with E-state index >= 15 is 0 Å². The molecule has 0 saturated carbocycles. The van der Waals surface area contributed by atoms with Crippen LogP contribution >= 0.6 is 0 Å². The average molecular weight is 918 g/mol. The van der Waals surface area contributed by atoms with Gasteiger partial charge in [-0.3, -0.25) is 9.35 Å². The van der Waals surface area contributed by atoms with Gasteiger partial charge in [0, 0.05) is 6.42 Å². The van der Waals surface area contributed by atoms with Crippen molar-refractivity contribution in [2.24, 2.45) is 0 Å². The van der Waals surface area contributed by atoms with Gasteiger partial charge in [0.05, 0.1) is 25.4 Å². The van der Waals surface area contributed by atoms with Crippen LogP contribution in [0.4, 0.5) is 0 Å². The summed E-state index contributed by atoms with van der Waals surface area (Å²) >= 11 is 0. The molecule has 1 aliphatic rings. The Hall–Kier alpha value is -1.42. The minimum absolute atomic E-state index is 0.236. The van der Waals surface area contributed by atoms with E-state index in [9.17, 15) is 38.2 Å². The van der Waals surface area contributed by atoms with Crippen molar-refractivity contribution < 1.29 is 51.8 Å².